The minimum absolute atomic E-state index is 0.0678. The number of carbonyl (C=O) groups is 2. The molecule has 20 heavy (non-hydrogen) atoms. The molecular weight excluding hydrogens is 254 g/mol. The number of fused-ring (bicyclic) bond motifs is 2. The summed E-state index contributed by atoms with van der Waals surface area (Å²) in [5.41, 5.74) is 0. The van der Waals surface area contributed by atoms with Crippen molar-refractivity contribution < 1.29 is 14.7 Å². The van der Waals surface area contributed by atoms with Gasteiger partial charge < -0.3 is 10.0 Å². The third kappa shape index (κ3) is 2.15. The van der Waals surface area contributed by atoms with Crippen LogP contribution in [0.3, 0.4) is 0 Å². The zero-order valence-corrected chi connectivity index (χ0v) is 12.0. The van der Waals surface area contributed by atoms with Gasteiger partial charge in [-0.25, -0.2) is 0 Å². The number of nitrogens with zero attached hydrogens (tertiary/aromatic N) is 1. The van der Waals surface area contributed by atoms with E-state index < -0.39 is 11.9 Å². The molecule has 2 aliphatic carbocycles. The number of amides is 1. The number of carbonyl (C=O) groups excluding carboxylic acids is 1. The minimum Gasteiger partial charge on any atom is -0.481 e. The molecular formula is C16H23NO3. The molecule has 0 aromatic rings. The number of piperidine rings is 1. The lowest BCUT2D eigenvalue weighted by Crippen LogP contribution is -2.46. The molecule has 3 unspecified atom stereocenters. The first-order valence-corrected chi connectivity index (χ1v) is 7.81. The summed E-state index contributed by atoms with van der Waals surface area (Å²) in [6.07, 6.45) is 8.26. The third-order valence-electron chi connectivity index (χ3n) is 5.44. The second kappa shape index (κ2) is 5.23. The predicted octanol–water partition coefficient (Wildman–Crippen LogP) is 2.16. The van der Waals surface area contributed by atoms with E-state index in [4.69, 9.17) is 0 Å². The Hall–Kier alpha value is -1.32. The topological polar surface area (TPSA) is 57.6 Å². The van der Waals surface area contributed by atoms with Gasteiger partial charge in [0.25, 0.3) is 0 Å². The van der Waals surface area contributed by atoms with E-state index >= 15 is 0 Å². The van der Waals surface area contributed by atoms with Crippen molar-refractivity contribution in [3.8, 4) is 0 Å². The number of likely N-dealkylation sites (tertiary alicyclic amines) is 1. The molecule has 1 saturated carbocycles. The van der Waals surface area contributed by atoms with Gasteiger partial charge in [0, 0.05) is 13.1 Å². The molecule has 110 valence electrons. The van der Waals surface area contributed by atoms with Crippen LogP contribution in [0.2, 0.25) is 0 Å². The predicted molar refractivity (Wildman–Crippen MR) is 74.9 cm³/mol. The summed E-state index contributed by atoms with van der Waals surface area (Å²) in [5.74, 6) is -0.729. The maximum absolute atomic E-state index is 12.8. The fourth-order valence-electron chi connectivity index (χ4n) is 4.30. The van der Waals surface area contributed by atoms with Gasteiger partial charge in [-0.1, -0.05) is 25.5 Å². The molecule has 1 N–H and O–H groups in total. The average Bonchev–Trinajstić information content (AvgIpc) is 3.07. The van der Waals surface area contributed by atoms with E-state index in [9.17, 15) is 14.7 Å². The summed E-state index contributed by atoms with van der Waals surface area (Å²) < 4.78 is 0. The van der Waals surface area contributed by atoms with E-state index in [-0.39, 0.29) is 23.7 Å². The van der Waals surface area contributed by atoms with Gasteiger partial charge in [0.15, 0.2) is 0 Å². The van der Waals surface area contributed by atoms with Crippen LogP contribution in [0.15, 0.2) is 12.2 Å². The summed E-state index contributed by atoms with van der Waals surface area (Å²) in [7, 11) is 0. The van der Waals surface area contributed by atoms with E-state index in [1.807, 2.05) is 11.0 Å². The molecule has 2 bridgehead atoms. The SMILES string of the molecule is CCC1CCCN(C(=O)[C@H]2C3C=CC(C3)[C@H]2C(=O)O)C1. The molecule has 0 aromatic carbocycles. The quantitative estimate of drug-likeness (QED) is 0.804. The second-order valence-electron chi connectivity index (χ2n) is 6.54. The van der Waals surface area contributed by atoms with Gasteiger partial charge in [-0.2, -0.15) is 0 Å². The highest BCUT2D eigenvalue weighted by Gasteiger charge is 2.52. The number of allylic oxidation sites excluding steroid dienone is 2. The molecule has 3 aliphatic rings. The molecule has 1 aliphatic heterocycles. The molecule has 1 heterocycles. The van der Waals surface area contributed by atoms with Crippen LogP contribution in [-0.4, -0.2) is 35.0 Å². The Morgan fingerprint density at radius 3 is 2.60 bits per heavy atom. The van der Waals surface area contributed by atoms with Crippen LogP contribution in [0.1, 0.15) is 32.6 Å². The van der Waals surface area contributed by atoms with Crippen molar-refractivity contribution in [2.24, 2.45) is 29.6 Å². The van der Waals surface area contributed by atoms with Gasteiger partial charge in [-0.05, 0) is 37.0 Å². The number of carboxylic acid groups (broad SMARTS) is 1. The molecule has 1 saturated heterocycles. The van der Waals surface area contributed by atoms with Gasteiger partial charge in [-0.15, -0.1) is 0 Å². The largest absolute Gasteiger partial charge is 0.481 e. The van der Waals surface area contributed by atoms with E-state index in [1.165, 1.54) is 6.42 Å². The van der Waals surface area contributed by atoms with Crippen molar-refractivity contribution >= 4 is 11.9 Å². The Labute approximate surface area is 119 Å². The highest BCUT2D eigenvalue weighted by molar-refractivity contribution is 5.87. The number of hydrogen-bond donors (Lipinski definition) is 1. The summed E-state index contributed by atoms with van der Waals surface area (Å²) in [4.78, 5) is 26.2. The molecule has 0 spiro atoms. The van der Waals surface area contributed by atoms with Crippen molar-refractivity contribution in [3.63, 3.8) is 0 Å². The zero-order chi connectivity index (χ0) is 14.3. The lowest BCUT2D eigenvalue weighted by atomic mass is 9.81. The highest BCUT2D eigenvalue weighted by Crippen LogP contribution is 2.49. The Morgan fingerprint density at radius 2 is 1.95 bits per heavy atom. The maximum Gasteiger partial charge on any atom is 0.307 e. The van der Waals surface area contributed by atoms with Crippen molar-refractivity contribution in [2.75, 3.05) is 13.1 Å². The first-order valence-electron chi connectivity index (χ1n) is 7.81. The summed E-state index contributed by atoms with van der Waals surface area (Å²) >= 11 is 0. The lowest BCUT2D eigenvalue weighted by Gasteiger charge is -2.36. The second-order valence-corrected chi connectivity index (χ2v) is 6.54. The first-order chi connectivity index (χ1) is 9.61. The van der Waals surface area contributed by atoms with Crippen LogP contribution < -0.4 is 0 Å². The van der Waals surface area contributed by atoms with Crippen molar-refractivity contribution in [1.29, 1.82) is 0 Å². The van der Waals surface area contributed by atoms with E-state index in [1.54, 1.807) is 0 Å². The maximum atomic E-state index is 12.8. The summed E-state index contributed by atoms with van der Waals surface area (Å²) in [6.45, 7) is 3.79. The van der Waals surface area contributed by atoms with Gasteiger partial charge in [0.2, 0.25) is 5.91 Å². The van der Waals surface area contributed by atoms with Crippen LogP contribution in [-0.2, 0) is 9.59 Å². The van der Waals surface area contributed by atoms with Crippen LogP contribution in [0.4, 0.5) is 0 Å². The molecule has 4 heteroatoms. The van der Waals surface area contributed by atoms with Gasteiger partial charge in [-0.3, -0.25) is 9.59 Å². The Bertz CT molecular complexity index is 445. The van der Waals surface area contributed by atoms with Gasteiger partial charge in [0.05, 0.1) is 11.8 Å². The fourth-order valence-corrected chi connectivity index (χ4v) is 4.30. The molecule has 1 amide bonds. The normalized spacial score (nSPS) is 39.2. The van der Waals surface area contributed by atoms with E-state index in [0.717, 1.165) is 32.4 Å². The number of rotatable bonds is 3. The summed E-state index contributed by atoms with van der Waals surface area (Å²) in [5, 5.41) is 9.45. The highest BCUT2D eigenvalue weighted by atomic mass is 16.4. The first kappa shape index (κ1) is 13.7. The summed E-state index contributed by atoms with van der Waals surface area (Å²) in [6, 6.07) is 0. The smallest absolute Gasteiger partial charge is 0.307 e. The van der Waals surface area contributed by atoms with Crippen molar-refractivity contribution in [3.05, 3.63) is 12.2 Å². The molecule has 3 rings (SSSR count). The minimum atomic E-state index is -0.802. The Morgan fingerprint density at radius 1 is 1.25 bits per heavy atom. The average molecular weight is 277 g/mol. The van der Waals surface area contributed by atoms with Crippen molar-refractivity contribution in [2.45, 2.75) is 32.6 Å². The molecule has 0 aromatic heterocycles. The van der Waals surface area contributed by atoms with Crippen LogP contribution in [0.5, 0.6) is 0 Å². The Kier molecular flexibility index (Phi) is 3.57. The van der Waals surface area contributed by atoms with Crippen LogP contribution in [0.25, 0.3) is 0 Å². The standard InChI is InChI=1S/C16H23NO3/c1-2-10-4-3-7-17(9-10)15(18)13-11-5-6-12(8-11)14(13)16(19)20/h5-6,10-14H,2-4,7-9H2,1H3,(H,19,20)/t10?,11?,12?,13-,14+/m0/s1. The Balaban J connectivity index is 1.76. The van der Waals surface area contributed by atoms with Crippen LogP contribution in [0, 0.1) is 29.6 Å². The molecule has 0 radical (unpaired) electrons. The number of aliphatic carboxylic acids is 1. The monoisotopic (exact) mass is 277 g/mol. The van der Waals surface area contributed by atoms with E-state index in [2.05, 4.69) is 13.0 Å². The number of carboxylic acids is 1. The van der Waals surface area contributed by atoms with Crippen LogP contribution >= 0.6 is 0 Å². The third-order valence-corrected chi connectivity index (χ3v) is 5.44. The number of hydrogen-bond acceptors (Lipinski definition) is 2. The molecule has 4 nitrogen and oxygen atoms in total. The molecule has 5 atom stereocenters. The lowest BCUT2D eigenvalue weighted by molar-refractivity contribution is -0.151. The van der Waals surface area contributed by atoms with Gasteiger partial charge >= 0.3 is 5.97 Å². The molecule has 2 fully saturated rings. The van der Waals surface area contributed by atoms with Crippen molar-refractivity contribution in [1.82, 2.24) is 4.90 Å². The van der Waals surface area contributed by atoms with E-state index in [0.29, 0.717) is 5.92 Å². The van der Waals surface area contributed by atoms with Gasteiger partial charge in [0.1, 0.15) is 0 Å². The zero-order valence-electron chi connectivity index (χ0n) is 12.0. The fraction of sp³-hybridized carbons (Fsp3) is 0.750.